The van der Waals surface area contributed by atoms with E-state index in [1.54, 1.807) is 35.5 Å². The fourth-order valence-corrected chi connectivity index (χ4v) is 2.97. The van der Waals surface area contributed by atoms with Crippen molar-refractivity contribution >= 4 is 11.6 Å². The molecule has 0 unspecified atom stereocenters. The quantitative estimate of drug-likeness (QED) is 0.453. The molecule has 0 atom stereocenters. The molecule has 0 aliphatic heterocycles. The van der Waals surface area contributed by atoms with Gasteiger partial charge in [-0.3, -0.25) is 4.99 Å². The lowest BCUT2D eigenvalue weighted by molar-refractivity contribution is 0.311. The number of nitrogens with one attached hydrogen (secondary N) is 2. The predicted molar refractivity (Wildman–Crippen MR) is 119 cm³/mol. The topological polar surface area (TPSA) is 82.6 Å². The van der Waals surface area contributed by atoms with Gasteiger partial charge in [-0.1, -0.05) is 0 Å². The van der Waals surface area contributed by atoms with Gasteiger partial charge in [0.05, 0.1) is 35.0 Å². The monoisotopic (exact) mass is 417 g/mol. The van der Waals surface area contributed by atoms with Gasteiger partial charge in [0.1, 0.15) is 17.2 Å². The van der Waals surface area contributed by atoms with Crippen LogP contribution in [-0.2, 0) is 6.42 Å². The summed E-state index contributed by atoms with van der Waals surface area (Å²) >= 11 is 0. The van der Waals surface area contributed by atoms with E-state index in [2.05, 4.69) is 15.6 Å². The van der Waals surface area contributed by atoms with E-state index in [4.69, 9.17) is 23.7 Å². The second-order valence-electron chi connectivity index (χ2n) is 6.18. The second-order valence-corrected chi connectivity index (χ2v) is 6.18. The lowest BCUT2D eigenvalue weighted by Gasteiger charge is -2.17. The molecule has 0 radical (unpaired) electrons. The first kappa shape index (κ1) is 23.0. The number of anilines is 1. The number of methoxy groups -OCH3 is 4. The Morgan fingerprint density at radius 2 is 1.53 bits per heavy atom. The van der Waals surface area contributed by atoms with E-state index in [9.17, 15) is 0 Å². The highest BCUT2D eigenvalue weighted by atomic mass is 16.5. The minimum Gasteiger partial charge on any atom is -0.496 e. The summed E-state index contributed by atoms with van der Waals surface area (Å²) in [5.74, 6) is 4.11. The summed E-state index contributed by atoms with van der Waals surface area (Å²) < 4.78 is 27.3. The number of rotatable bonds is 10. The van der Waals surface area contributed by atoms with Crippen molar-refractivity contribution in [1.29, 1.82) is 0 Å². The first-order chi connectivity index (χ1) is 14.6. The highest BCUT2D eigenvalue weighted by Crippen LogP contribution is 2.34. The molecule has 0 aliphatic carbocycles. The lowest BCUT2D eigenvalue weighted by Crippen LogP contribution is -2.32. The minimum atomic E-state index is 0.554. The number of hydrogen-bond donors (Lipinski definition) is 2. The van der Waals surface area contributed by atoms with E-state index in [1.807, 2.05) is 37.3 Å². The van der Waals surface area contributed by atoms with Crippen LogP contribution in [0.3, 0.4) is 0 Å². The zero-order valence-electron chi connectivity index (χ0n) is 18.5. The molecule has 0 saturated heterocycles. The zero-order valence-corrected chi connectivity index (χ0v) is 18.5. The normalized spacial score (nSPS) is 10.9. The Balaban J connectivity index is 2.06. The molecule has 2 rings (SSSR count). The van der Waals surface area contributed by atoms with Crippen LogP contribution in [-0.4, -0.2) is 54.6 Å². The van der Waals surface area contributed by atoms with Crippen molar-refractivity contribution in [3.05, 3.63) is 35.9 Å². The van der Waals surface area contributed by atoms with Crippen LogP contribution in [0.2, 0.25) is 0 Å². The van der Waals surface area contributed by atoms with Crippen molar-refractivity contribution in [1.82, 2.24) is 5.32 Å². The van der Waals surface area contributed by atoms with E-state index in [1.165, 1.54) is 0 Å². The fourth-order valence-electron chi connectivity index (χ4n) is 2.97. The molecule has 30 heavy (non-hydrogen) atoms. The molecule has 2 aromatic rings. The van der Waals surface area contributed by atoms with Gasteiger partial charge in [0.2, 0.25) is 0 Å². The fraction of sp³-hybridized carbons (Fsp3) is 0.409. The molecular weight excluding hydrogens is 386 g/mol. The van der Waals surface area contributed by atoms with Gasteiger partial charge in [0.25, 0.3) is 0 Å². The van der Waals surface area contributed by atoms with Crippen LogP contribution in [0, 0.1) is 0 Å². The maximum absolute atomic E-state index is 5.63. The average molecular weight is 418 g/mol. The van der Waals surface area contributed by atoms with Crippen molar-refractivity contribution in [3.63, 3.8) is 0 Å². The summed E-state index contributed by atoms with van der Waals surface area (Å²) in [6, 6.07) is 9.33. The lowest BCUT2D eigenvalue weighted by atomic mass is 10.1. The first-order valence-electron chi connectivity index (χ1n) is 9.67. The summed E-state index contributed by atoms with van der Waals surface area (Å²) in [5, 5.41) is 6.56. The van der Waals surface area contributed by atoms with Gasteiger partial charge in [-0.25, -0.2) is 0 Å². The third kappa shape index (κ3) is 5.85. The number of nitrogens with zero attached hydrogens (tertiary/aromatic N) is 1. The molecule has 0 fully saturated rings. The summed E-state index contributed by atoms with van der Waals surface area (Å²) in [6.07, 6.45) is 0.670. The van der Waals surface area contributed by atoms with Crippen molar-refractivity contribution in [2.45, 2.75) is 13.3 Å². The number of ether oxygens (including phenoxy) is 5. The third-order valence-corrected chi connectivity index (χ3v) is 4.43. The SMILES string of the molecule is CCOc1cc(NC(=NC)NCCc2c(OC)cc(OC)cc2OC)ccc1OC. The number of guanidine groups is 1. The smallest absolute Gasteiger partial charge is 0.195 e. The molecule has 0 bridgehead atoms. The maximum atomic E-state index is 5.63. The largest absolute Gasteiger partial charge is 0.496 e. The Morgan fingerprint density at radius 1 is 0.867 bits per heavy atom. The van der Waals surface area contributed by atoms with Gasteiger partial charge in [0, 0.05) is 43.0 Å². The molecule has 0 aliphatic rings. The maximum Gasteiger partial charge on any atom is 0.195 e. The average Bonchev–Trinajstić information content (AvgIpc) is 2.78. The molecule has 8 nitrogen and oxygen atoms in total. The molecule has 0 saturated carbocycles. The van der Waals surface area contributed by atoms with Gasteiger partial charge in [-0.2, -0.15) is 0 Å². The van der Waals surface area contributed by atoms with Crippen LogP contribution in [0.5, 0.6) is 28.7 Å². The summed E-state index contributed by atoms with van der Waals surface area (Å²) in [6.45, 7) is 3.10. The van der Waals surface area contributed by atoms with E-state index in [0.717, 1.165) is 11.3 Å². The van der Waals surface area contributed by atoms with Crippen LogP contribution in [0.15, 0.2) is 35.3 Å². The van der Waals surface area contributed by atoms with Crippen LogP contribution in [0.25, 0.3) is 0 Å². The zero-order chi connectivity index (χ0) is 21.9. The summed E-state index contributed by atoms with van der Waals surface area (Å²) in [5.41, 5.74) is 1.79. The molecule has 0 heterocycles. The van der Waals surface area contributed by atoms with Crippen molar-refractivity contribution in [3.8, 4) is 28.7 Å². The highest BCUT2D eigenvalue weighted by Gasteiger charge is 2.13. The van der Waals surface area contributed by atoms with E-state index >= 15 is 0 Å². The Morgan fingerprint density at radius 3 is 2.07 bits per heavy atom. The van der Waals surface area contributed by atoms with Crippen molar-refractivity contribution < 1.29 is 23.7 Å². The number of hydrogen-bond acceptors (Lipinski definition) is 6. The number of aliphatic imine (C=N–C) groups is 1. The number of benzene rings is 2. The van der Waals surface area contributed by atoms with Crippen LogP contribution in [0.1, 0.15) is 12.5 Å². The predicted octanol–water partition coefficient (Wildman–Crippen LogP) is 3.35. The molecule has 0 aromatic heterocycles. The van der Waals surface area contributed by atoms with E-state index in [0.29, 0.717) is 54.3 Å². The van der Waals surface area contributed by atoms with E-state index < -0.39 is 0 Å². The van der Waals surface area contributed by atoms with Gasteiger partial charge in [0.15, 0.2) is 17.5 Å². The molecule has 0 amide bonds. The minimum absolute atomic E-state index is 0.554. The van der Waals surface area contributed by atoms with Crippen LogP contribution < -0.4 is 34.3 Å². The van der Waals surface area contributed by atoms with Gasteiger partial charge < -0.3 is 34.3 Å². The third-order valence-electron chi connectivity index (χ3n) is 4.43. The highest BCUT2D eigenvalue weighted by molar-refractivity contribution is 5.93. The molecule has 8 heteroatoms. The molecular formula is C22H31N3O5. The van der Waals surface area contributed by atoms with E-state index in [-0.39, 0.29) is 0 Å². The molecule has 2 N–H and O–H groups in total. The standard InChI is InChI=1S/C22H31N3O5/c1-7-30-21-12-15(8-9-18(21)27-4)25-22(23-2)24-11-10-17-19(28-5)13-16(26-3)14-20(17)29-6/h8-9,12-14H,7,10-11H2,1-6H3,(H2,23,24,25). The van der Waals surface area contributed by atoms with Crippen LogP contribution >= 0.6 is 0 Å². The van der Waals surface area contributed by atoms with Gasteiger partial charge in [-0.15, -0.1) is 0 Å². The summed E-state index contributed by atoms with van der Waals surface area (Å²) in [7, 11) is 8.21. The molecule has 0 spiro atoms. The van der Waals surface area contributed by atoms with Gasteiger partial charge >= 0.3 is 0 Å². The second kappa shape index (κ2) is 11.6. The Labute approximate surface area is 178 Å². The first-order valence-corrected chi connectivity index (χ1v) is 9.67. The molecule has 164 valence electrons. The Hall–Kier alpha value is -3.29. The molecule has 2 aromatic carbocycles. The van der Waals surface area contributed by atoms with Gasteiger partial charge in [-0.05, 0) is 25.5 Å². The Kier molecular flexibility index (Phi) is 8.93. The summed E-state index contributed by atoms with van der Waals surface area (Å²) in [4.78, 5) is 4.29. The van der Waals surface area contributed by atoms with Crippen LogP contribution in [0.4, 0.5) is 5.69 Å². The van der Waals surface area contributed by atoms with Crippen molar-refractivity contribution in [2.75, 3.05) is 54.0 Å². The van der Waals surface area contributed by atoms with Crippen molar-refractivity contribution in [2.24, 2.45) is 4.99 Å². The Bertz CT molecular complexity index is 830.